The van der Waals surface area contributed by atoms with E-state index in [0.717, 1.165) is 34.4 Å². The molecule has 0 aliphatic carbocycles. The van der Waals surface area contributed by atoms with Crippen molar-refractivity contribution in [3.8, 4) is 16.9 Å². The van der Waals surface area contributed by atoms with Crippen molar-refractivity contribution in [1.82, 2.24) is 14.9 Å². The first-order valence-electron chi connectivity index (χ1n) is 13.0. The van der Waals surface area contributed by atoms with Crippen LogP contribution in [0.25, 0.3) is 22.2 Å². The molecule has 3 aromatic carbocycles. The second-order valence-corrected chi connectivity index (χ2v) is 11.4. The second-order valence-electron chi connectivity index (χ2n) is 9.13. The van der Waals surface area contributed by atoms with Gasteiger partial charge in [0, 0.05) is 29.9 Å². The van der Waals surface area contributed by atoms with Crippen molar-refractivity contribution < 1.29 is 28.5 Å². The number of amides is 1. The van der Waals surface area contributed by atoms with E-state index < -0.39 is 13.2 Å². The fraction of sp³-hybridized carbons (Fsp3) is 0.310. The van der Waals surface area contributed by atoms with Gasteiger partial charge in [-0.25, -0.2) is 9.37 Å². The molecule has 4 aromatic rings. The number of imidazole rings is 1. The summed E-state index contributed by atoms with van der Waals surface area (Å²) < 4.78 is 33.1. The van der Waals surface area contributed by atoms with Gasteiger partial charge in [0.2, 0.25) is 7.37 Å². The van der Waals surface area contributed by atoms with Crippen LogP contribution in [0.15, 0.2) is 48.5 Å². The largest absolute Gasteiger partial charge is 0.491 e. The van der Waals surface area contributed by atoms with Gasteiger partial charge in [-0.1, -0.05) is 32.9 Å². The van der Waals surface area contributed by atoms with E-state index in [-0.39, 0.29) is 48.5 Å². The Bertz CT molecular complexity index is 1560. The number of nitrogens with zero attached hydrogens (tertiary/aromatic N) is 2. The van der Waals surface area contributed by atoms with Crippen LogP contribution in [0, 0.1) is 5.82 Å². The zero-order chi connectivity index (χ0) is 28.3. The Labute approximate surface area is 226 Å². The van der Waals surface area contributed by atoms with Gasteiger partial charge in [-0.2, -0.15) is 0 Å². The van der Waals surface area contributed by atoms with Crippen molar-refractivity contribution in [3.63, 3.8) is 0 Å². The fourth-order valence-corrected chi connectivity index (χ4v) is 5.56. The zero-order valence-electron chi connectivity index (χ0n) is 22.5. The summed E-state index contributed by atoms with van der Waals surface area (Å²) in [5.74, 6) is 0.0133. The maximum Gasteiger partial charge on any atom is 0.254 e. The van der Waals surface area contributed by atoms with Gasteiger partial charge >= 0.3 is 0 Å². The Morgan fingerprint density at radius 1 is 1.15 bits per heavy atom. The molecule has 1 aromatic heterocycles. The number of ether oxygens (including phenoxy) is 1. The maximum atomic E-state index is 15.1. The van der Waals surface area contributed by atoms with Gasteiger partial charge in [0.1, 0.15) is 30.6 Å². The number of benzene rings is 3. The van der Waals surface area contributed by atoms with E-state index in [1.165, 1.54) is 12.1 Å². The molecular weight excluding hydrogens is 520 g/mol. The van der Waals surface area contributed by atoms with Crippen LogP contribution in [0.3, 0.4) is 0 Å². The molecule has 0 radical (unpaired) electrons. The van der Waals surface area contributed by atoms with Crippen molar-refractivity contribution in [1.29, 1.82) is 0 Å². The number of hydrogen-bond donors (Lipinski definition) is 3. The van der Waals surface area contributed by atoms with E-state index in [9.17, 15) is 19.4 Å². The highest BCUT2D eigenvalue weighted by atomic mass is 31.2. The van der Waals surface area contributed by atoms with Gasteiger partial charge in [0.25, 0.3) is 5.91 Å². The monoisotopic (exact) mass is 553 g/mol. The summed E-state index contributed by atoms with van der Waals surface area (Å²) in [6.07, 6.45) is 0.208. The second kappa shape index (κ2) is 11.7. The number of carbonyl (C=O) groups is 1. The average molecular weight is 554 g/mol. The predicted molar refractivity (Wildman–Crippen MR) is 150 cm³/mol. The summed E-state index contributed by atoms with van der Waals surface area (Å²) in [5.41, 5.74) is 4.55. The number of H-pyrrole nitrogens is 1. The lowest BCUT2D eigenvalue weighted by Gasteiger charge is -2.22. The van der Waals surface area contributed by atoms with Crippen molar-refractivity contribution in [2.45, 2.75) is 40.3 Å². The summed E-state index contributed by atoms with van der Waals surface area (Å²) in [6, 6.07) is 14.2. The minimum absolute atomic E-state index is 0.132. The molecule has 0 bridgehead atoms. The van der Waals surface area contributed by atoms with Crippen LogP contribution >= 0.6 is 7.37 Å². The van der Waals surface area contributed by atoms with Gasteiger partial charge in [0.05, 0.1) is 22.9 Å². The predicted octanol–water partition coefficient (Wildman–Crippen LogP) is 5.01. The molecule has 39 heavy (non-hydrogen) atoms. The van der Waals surface area contributed by atoms with E-state index in [4.69, 9.17) is 4.74 Å². The summed E-state index contributed by atoms with van der Waals surface area (Å²) in [7, 11) is -3.82. The van der Waals surface area contributed by atoms with Crippen molar-refractivity contribution in [2.24, 2.45) is 0 Å². The topological polar surface area (TPSA) is 116 Å². The molecule has 0 spiro atoms. The molecule has 1 unspecified atom stereocenters. The Hall–Kier alpha value is -3.52. The number of rotatable bonds is 5. The number of nitrogens with one attached hydrogen (secondary N) is 1. The van der Waals surface area contributed by atoms with Gasteiger partial charge < -0.3 is 24.6 Å². The van der Waals surface area contributed by atoms with Crippen LogP contribution in [0.2, 0.25) is 0 Å². The Morgan fingerprint density at radius 3 is 2.56 bits per heavy atom. The standard InChI is InChI=1S/C27H27FN3O5P.C2H6/c1-3-19-20(6-9-24(26(19)28)37(2,34)35)27(33)31-10-11-36-23-8-5-16(12-18(23)14-31)17-4-7-21-22(13-17)30-25(15-32)29-21;1-2/h4-9,12-13,32H,3,10-11,14-15H2,1-2H3,(H,29,30)(H,34,35);1-2H3. The van der Waals surface area contributed by atoms with E-state index in [0.29, 0.717) is 18.1 Å². The molecule has 0 fully saturated rings. The molecule has 0 saturated carbocycles. The van der Waals surface area contributed by atoms with Gasteiger partial charge in [0.15, 0.2) is 0 Å². The SMILES string of the molecule is CC.CCc1c(C(=O)N2CCOc3ccc(-c4ccc5nc(CO)[nH]c5c4)cc3C2)ccc(P(C)(=O)O)c1F. The molecule has 5 rings (SSSR count). The molecule has 2 heterocycles. The first-order chi connectivity index (χ1) is 18.7. The third kappa shape index (κ3) is 5.76. The van der Waals surface area contributed by atoms with Crippen molar-refractivity contribution >= 4 is 29.6 Å². The van der Waals surface area contributed by atoms with E-state index >= 15 is 4.39 Å². The fourth-order valence-electron chi connectivity index (χ4n) is 4.71. The highest BCUT2D eigenvalue weighted by Crippen LogP contribution is 2.37. The Kier molecular flexibility index (Phi) is 8.54. The highest BCUT2D eigenvalue weighted by molar-refractivity contribution is 7.65. The summed E-state index contributed by atoms with van der Waals surface area (Å²) >= 11 is 0. The summed E-state index contributed by atoms with van der Waals surface area (Å²) in [4.78, 5) is 32.4. The molecule has 1 amide bonds. The molecular formula is C29H33FN3O5P. The first kappa shape index (κ1) is 28.5. The van der Waals surface area contributed by atoms with Crippen molar-refractivity contribution in [3.05, 3.63) is 76.9 Å². The molecule has 8 nitrogen and oxygen atoms in total. The number of aliphatic hydroxyl groups is 1. The van der Waals surface area contributed by atoms with E-state index in [2.05, 4.69) is 9.97 Å². The minimum Gasteiger partial charge on any atom is -0.491 e. The Balaban J connectivity index is 0.00000172. The van der Waals surface area contributed by atoms with Crippen LogP contribution in [-0.2, 0) is 24.1 Å². The summed E-state index contributed by atoms with van der Waals surface area (Å²) in [6.45, 7) is 7.49. The first-order valence-corrected chi connectivity index (χ1v) is 15.1. The normalized spacial score (nSPS) is 14.5. The zero-order valence-corrected chi connectivity index (χ0v) is 23.4. The molecule has 1 aliphatic heterocycles. The molecule has 0 saturated heterocycles. The van der Waals surface area contributed by atoms with Crippen LogP contribution in [0.5, 0.6) is 5.75 Å². The smallest absolute Gasteiger partial charge is 0.254 e. The van der Waals surface area contributed by atoms with Crippen LogP contribution in [0.4, 0.5) is 4.39 Å². The summed E-state index contributed by atoms with van der Waals surface area (Å²) in [5, 5.41) is 9.08. The number of aromatic amines is 1. The lowest BCUT2D eigenvalue weighted by atomic mass is 10.0. The average Bonchev–Trinajstić information content (AvgIpc) is 3.23. The molecule has 3 N–H and O–H groups in total. The number of aliphatic hydroxyl groups excluding tert-OH is 1. The van der Waals surface area contributed by atoms with Gasteiger partial charge in [-0.15, -0.1) is 0 Å². The van der Waals surface area contributed by atoms with Gasteiger partial charge in [-0.05, 0) is 53.9 Å². The van der Waals surface area contributed by atoms with Crippen LogP contribution in [0.1, 0.15) is 48.1 Å². The number of hydrogen-bond acceptors (Lipinski definition) is 5. The number of halogens is 1. The molecule has 1 atom stereocenters. The maximum absolute atomic E-state index is 15.1. The number of aromatic nitrogens is 2. The van der Waals surface area contributed by atoms with Crippen molar-refractivity contribution in [2.75, 3.05) is 19.8 Å². The van der Waals surface area contributed by atoms with Gasteiger partial charge in [-0.3, -0.25) is 9.36 Å². The van der Waals surface area contributed by atoms with E-state index in [1.807, 2.05) is 50.2 Å². The third-order valence-corrected chi connectivity index (χ3v) is 7.83. The highest BCUT2D eigenvalue weighted by Gasteiger charge is 2.28. The van der Waals surface area contributed by atoms with Crippen LogP contribution < -0.4 is 10.0 Å². The van der Waals surface area contributed by atoms with Crippen LogP contribution in [-0.4, -0.2) is 50.6 Å². The lowest BCUT2D eigenvalue weighted by molar-refractivity contribution is 0.0731. The quantitative estimate of drug-likeness (QED) is 0.299. The number of carbonyl (C=O) groups excluding carboxylic acids is 1. The molecule has 10 heteroatoms. The minimum atomic E-state index is -3.82. The molecule has 206 valence electrons. The lowest BCUT2D eigenvalue weighted by Crippen LogP contribution is -2.33. The Morgan fingerprint density at radius 2 is 1.87 bits per heavy atom. The third-order valence-electron chi connectivity index (χ3n) is 6.60. The number of fused-ring (bicyclic) bond motifs is 2. The molecule has 1 aliphatic rings. The van der Waals surface area contributed by atoms with E-state index in [1.54, 1.807) is 11.8 Å².